The van der Waals surface area contributed by atoms with Crippen LogP contribution in [-0.2, 0) is 17.8 Å². The van der Waals surface area contributed by atoms with E-state index in [2.05, 4.69) is 5.32 Å². The van der Waals surface area contributed by atoms with E-state index in [4.69, 9.17) is 5.73 Å². The van der Waals surface area contributed by atoms with Gasteiger partial charge in [-0.05, 0) is 29.7 Å². The summed E-state index contributed by atoms with van der Waals surface area (Å²) in [7, 11) is 0. The number of hydrogen-bond acceptors (Lipinski definition) is 2. The molecule has 3 N–H and O–H groups in total. The lowest BCUT2D eigenvalue weighted by Gasteiger charge is -2.10. The Morgan fingerprint density at radius 3 is 2.53 bits per heavy atom. The largest absolute Gasteiger partial charge is 0.326 e. The molecule has 1 amide bonds. The molecule has 0 aliphatic heterocycles. The van der Waals surface area contributed by atoms with E-state index in [0.29, 0.717) is 13.0 Å². The highest BCUT2D eigenvalue weighted by molar-refractivity contribution is 5.93. The Kier molecular flexibility index (Phi) is 4.31. The second-order valence-electron chi connectivity index (χ2n) is 4.56. The summed E-state index contributed by atoms with van der Waals surface area (Å²) in [5.41, 5.74) is 9.51. The van der Waals surface area contributed by atoms with E-state index >= 15 is 0 Å². The number of amides is 1. The van der Waals surface area contributed by atoms with Crippen LogP contribution in [0.3, 0.4) is 0 Å². The van der Waals surface area contributed by atoms with E-state index in [0.717, 1.165) is 22.4 Å². The predicted molar refractivity (Wildman–Crippen MR) is 77.8 cm³/mol. The Morgan fingerprint density at radius 1 is 1.11 bits per heavy atom. The first kappa shape index (κ1) is 13.3. The van der Waals surface area contributed by atoms with Gasteiger partial charge in [-0.1, -0.05) is 42.5 Å². The maximum Gasteiger partial charge on any atom is 0.228 e. The summed E-state index contributed by atoms with van der Waals surface area (Å²) in [6.45, 7) is 2.44. The highest BCUT2D eigenvalue weighted by atomic mass is 16.1. The number of rotatable bonds is 4. The molecule has 3 heteroatoms. The zero-order chi connectivity index (χ0) is 13.7. The normalized spacial score (nSPS) is 10.2. The molecule has 0 fully saturated rings. The lowest BCUT2D eigenvalue weighted by Crippen LogP contribution is -2.15. The zero-order valence-corrected chi connectivity index (χ0v) is 11.0. The third kappa shape index (κ3) is 3.66. The van der Waals surface area contributed by atoms with Crippen molar-refractivity contribution in [1.29, 1.82) is 0 Å². The molecule has 0 aliphatic carbocycles. The summed E-state index contributed by atoms with van der Waals surface area (Å²) in [4.78, 5) is 12.0. The van der Waals surface area contributed by atoms with E-state index in [1.165, 1.54) is 0 Å². The number of nitrogens with two attached hydrogens (primary N) is 1. The lowest BCUT2D eigenvalue weighted by molar-refractivity contribution is -0.115. The van der Waals surface area contributed by atoms with Crippen LogP contribution in [0.15, 0.2) is 48.5 Å². The molecule has 98 valence electrons. The van der Waals surface area contributed by atoms with Crippen LogP contribution in [0.2, 0.25) is 0 Å². The molecule has 0 radical (unpaired) electrons. The van der Waals surface area contributed by atoms with E-state index in [9.17, 15) is 4.79 Å². The van der Waals surface area contributed by atoms with Crippen molar-refractivity contribution in [2.24, 2.45) is 5.73 Å². The van der Waals surface area contributed by atoms with Gasteiger partial charge in [0.1, 0.15) is 0 Å². The number of carbonyl (C=O) groups excluding carboxylic acids is 1. The average molecular weight is 254 g/mol. The molecule has 0 heterocycles. The van der Waals surface area contributed by atoms with Crippen molar-refractivity contribution in [3.8, 4) is 0 Å². The number of benzene rings is 2. The van der Waals surface area contributed by atoms with Crippen LogP contribution in [0.1, 0.15) is 16.7 Å². The lowest BCUT2D eigenvalue weighted by atomic mass is 10.1. The molecular formula is C16H18N2O. The SMILES string of the molecule is Cc1ccc(CN)cc1NC(=O)Cc1ccccc1. The van der Waals surface area contributed by atoms with Gasteiger partial charge in [0.2, 0.25) is 5.91 Å². The van der Waals surface area contributed by atoms with Gasteiger partial charge in [0.15, 0.2) is 0 Å². The number of carbonyl (C=O) groups is 1. The van der Waals surface area contributed by atoms with Crippen molar-refractivity contribution in [2.45, 2.75) is 19.9 Å². The highest BCUT2D eigenvalue weighted by Crippen LogP contribution is 2.17. The van der Waals surface area contributed by atoms with E-state index in [1.54, 1.807) is 0 Å². The Balaban J connectivity index is 2.06. The third-order valence-electron chi connectivity index (χ3n) is 3.02. The van der Waals surface area contributed by atoms with Crippen molar-refractivity contribution in [2.75, 3.05) is 5.32 Å². The molecule has 0 unspecified atom stereocenters. The van der Waals surface area contributed by atoms with E-state index < -0.39 is 0 Å². The fraction of sp³-hybridized carbons (Fsp3) is 0.188. The summed E-state index contributed by atoms with van der Waals surface area (Å²) in [6.07, 6.45) is 0.382. The molecule has 0 spiro atoms. The minimum atomic E-state index is -0.0107. The van der Waals surface area contributed by atoms with Crippen molar-refractivity contribution < 1.29 is 4.79 Å². The highest BCUT2D eigenvalue weighted by Gasteiger charge is 2.06. The van der Waals surface area contributed by atoms with Gasteiger partial charge in [0.25, 0.3) is 0 Å². The second kappa shape index (κ2) is 6.16. The van der Waals surface area contributed by atoms with Crippen LogP contribution >= 0.6 is 0 Å². The molecule has 0 bridgehead atoms. The van der Waals surface area contributed by atoms with Gasteiger partial charge < -0.3 is 11.1 Å². The molecule has 0 atom stereocenters. The van der Waals surface area contributed by atoms with Gasteiger partial charge in [-0.25, -0.2) is 0 Å². The van der Waals surface area contributed by atoms with Crippen molar-refractivity contribution >= 4 is 11.6 Å². The molecule has 2 rings (SSSR count). The molecule has 3 nitrogen and oxygen atoms in total. The summed E-state index contributed by atoms with van der Waals surface area (Å²) in [5, 5.41) is 2.94. The summed E-state index contributed by atoms with van der Waals surface area (Å²) >= 11 is 0. The zero-order valence-electron chi connectivity index (χ0n) is 11.0. The first-order valence-corrected chi connectivity index (χ1v) is 6.32. The standard InChI is InChI=1S/C16H18N2O/c1-12-7-8-14(11-17)9-15(12)18-16(19)10-13-5-3-2-4-6-13/h2-9H,10-11,17H2,1H3,(H,18,19). The van der Waals surface area contributed by atoms with Gasteiger partial charge in [-0.3, -0.25) is 4.79 Å². The van der Waals surface area contributed by atoms with Crippen LogP contribution in [0.5, 0.6) is 0 Å². The Morgan fingerprint density at radius 2 is 1.84 bits per heavy atom. The smallest absolute Gasteiger partial charge is 0.228 e. The van der Waals surface area contributed by atoms with Crippen LogP contribution in [0, 0.1) is 6.92 Å². The third-order valence-corrected chi connectivity index (χ3v) is 3.02. The first-order chi connectivity index (χ1) is 9.19. The molecule has 19 heavy (non-hydrogen) atoms. The summed E-state index contributed by atoms with van der Waals surface area (Å²) in [6, 6.07) is 15.6. The second-order valence-corrected chi connectivity index (χ2v) is 4.56. The molecule has 0 saturated heterocycles. The molecule has 2 aromatic rings. The molecular weight excluding hydrogens is 236 g/mol. The number of aryl methyl sites for hydroxylation is 1. The monoisotopic (exact) mass is 254 g/mol. The fourth-order valence-corrected chi connectivity index (χ4v) is 1.91. The molecule has 2 aromatic carbocycles. The van der Waals surface area contributed by atoms with Crippen LogP contribution in [0.4, 0.5) is 5.69 Å². The van der Waals surface area contributed by atoms with Crippen LogP contribution < -0.4 is 11.1 Å². The number of hydrogen-bond donors (Lipinski definition) is 2. The molecule has 0 saturated carbocycles. The topological polar surface area (TPSA) is 55.1 Å². The number of anilines is 1. The molecule has 0 aliphatic rings. The van der Waals surface area contributed by atoms with Gasteiger partial charge in [0, 0.05) is 12.2 Å². The Labute approximate surface area is 113 Å². The molecule has 0 aromatic heterocycles. The van der Waals surface area contributed by atoms with E-state index in [1.807, 2.05) is 55.5 Å². The summed E-state index contributed by atoms with van der Waals surface area (Å²) in [5.74, 6) is -0.0107. The van der Waals surface area contributed by atoms with Crippen molar-refractivity contribution in [3.63, 3.8) is 0 Å². The van der Waals surface area contributed by atoms with Crippen LogP contribution in [-0.4, -0.2) is 5.91 Å². The van der Waals surface area contributed by atoms with Crippen molar-refractivity contribution in [1.82, 2.24) is 0 Å². The van der Waals surface area contributed by atoms with Crippen LogP contribution in [0.25, 0.3) is 0 Å². The number of nitrogens with one attached hydrogen (secondary N) is 1. The average Bonchev–Trinajstić information content (AvgIpc) is 2.42. The predicted octanol–water partition coefficient (Wildman–Crippen LogP) is 2.63. The maximum absolute atomic E-state index is 12.0. The van der Waals surface area contributed by atoms with Gasteiger partial charge in [-0.2, -0.15) is 0 Å². The fourth-order valence-electron chi connectivity index (χ4n) is 1.91. The minimum absolute atomic E-state index is 0.0107. The van der Waals surface area contributed by atoms with Gasteiger partial charge >= 0.3 is 0 Å². The van der Waals surface area contributed by atoms with Gasteiger partial charge in [-0.15, -0.1) is 0 Å². The van der Waals surface area contributed by atoms with Gasteiger partial charge in [0.05, 0.1) is 6.42 Å². The van der Waals surface area contributed by atoms with Crippen molar-refractivity contribution in [3.05, 3.63) is 65.2 Å². The Hall–Kier alpha value is -2.13. The minimum Gasteiger partial charge on any atom is -0.326 e. The van der Waals surface area contributed by atoms with E-state index in [-0.39, 0.29) is 5.91 Å². The Bertz CT molecular complexity index is 564. The summed E-state index contributed by atoms with van der Waals surface area (Å²) < 4.78 is 0. The maximum atomic E-state index is 12.0. The first-order valence-electron chi connectivity index (χ1n) is 6.32. The quantitative estimate of drug-likeness (QED) is 0.881.